The number of piperidine rings is 1. The van der Waals surface area contributed by atoms with E-state index in [0.717, 1.165) is 69.4 Å². The highest BCUT2D eigenvalue weighted by Gasteiger charge is 2.45. The Hall–Kier alpha value is -2.73. The van der Waals surface area contributed by atoms with Gasteiger partial charge in [0.05, 0.1) is 5.41 Å². The number of halogens is 1. The molecule has 2 aromatic rings. The Morgan fingerprint density at radius 2 is 1.78 bits per heavy atom. The van der Waals surface area contributed by atoms with Crippen LogP contribution in [-0.4, -0.2) is 42.9 Å². The number of amides is 2. The summed E-state index contributed by atoms with van der Waals surface area (Å²) in [5, 5.41) is 6.23. The molecule has 2 N–H and O–H groups in total. The molecule has 1 saturated carbocycles. The van der Waals surface area contributed by atoms with Gasteiger partial charge in [-0.05, 0) is 99.5 Å². The lowest BCUT2D eigenvalue weighted by molar-refractivity contribution is -0.130. The monoisotopic (exact) mass is 493 g/mol. The molecule has 0 spiro atoms. The Bertz CT molecular complexity index is 1050. The lowest BCUT2D eigenvalue weighted by Gasteiger charge is -2.40. The minimum absolute atomic E-state index is 0.0387. The van der Waals surface area contributed by atoms with Crippen molar-refractivity contribution in [2.45, 2.75) is 70.6 Å². The molecule has 2 amide bonds. The number of hydrogen-bond acceptors (Lipinski definition) is 3. The number of nitrogens with one attached hydrogen (secondary N) is 2. The third kappa shape index (κ3) is 5.80. The van der Waals surface area contributed by atoms with Crippen LogP contribution in [0.3, 0.4) is 0 Å². The first-order valence-electron chi connectivity index (χ1n) is 13.5. The Labute approximate surface area is 214 Å². The molecular formula is C30H40FN3O2. The van der Waals surface area contributed by atoms with Crippen LogP contribution in [0, 0.1) is 18.7 Å². The number of anilines is 1. The first kappa shape index (κ1) is 26.3. The molecule has 0 aromatic heterocycles. The molecule has 0 atom stereocenters. The van der Waals surface area contributed by atoms with E-state index in [1.54, 1.807) is 12.1 Å². The third-order valence-corrected chi connectivity index (χ3v) is 8.16. The molecule has 5 nitrogen and oxygen atoms in total. The number of hydrogen-bond donors (Lipinski definition) is 2. The average molecular weight is 494 g/mol. The van der Waals surface area contributed by atoms with Gasteiger partial charge in [-0.3, -0.25) is 9.59 Å². The summed E-state index contributed by atoms with van der Waals surface area (Å²) in [6, 6.07) is 12.7. The van der Waals surface area contributed by atoms with Gasteiger partial charge in [-0.2, -0.15) is 0 Å². The third-order valence-electron chi connectivity index (χ3n) is 8.16. The lowest BCUT2D eigenvalue weighted by Crippen LogP contribution is -2.49. The Kier molecular flexibility index (Phi) is 8.45. The molecule has 2 aromatic carbocycles. The van der Waals surface area contributed by atoms with E-state index in [2.05, 4.69) is 28.5 Å². The highest BCUT2D eigenvalue weighted by atomic mass is 19.1. The van der Waals surface area contributed by atoms with Crippen molar-refractivity contribution >= 4 is 17.5 Å². The predicted octanol–water partition coefficient (Wildman–Crippen LogP) is 5.54. The zero-order valence-electron chi connectivity index (χ0n) is 21.9. The van der Waals surface area contributed by atoms with Crippen LogP contribution >= 0.6 is 0 Å². The molecule has 1 heterocycles. The van der Waals surface area contributed by atoms with Crippen molar-refractivity contribution in [3.05, 3.63) is 65.0 Å². The van der Waals surface area contributed by atoms with Crippen LogP contribution in [0.25, 0.3) is 0 Å². The first-order valence-corrected chi connectivity index (χ1v) is 13.5. The summed E-state index contributed by atoms with van der Waals surface area (Å²) < 4.78 is 13.3. The SMILES string of the molecule is Cc1c(NC(=O)C(C)C)cccc1C1CCN(CCCNC(=O)C2(c3ccc(F)cc3)CCC2)CC1. The molecule has 0 bridgehead atoms. The second-order valence-electron chi connectivity index (χ2n) is 10.8. The summed E-state index contributed by atoms with van der Waals surface area (Å²) in [6.45, 7) is 9.65. The fraction of sp³-hybridized carbons (Fsp3) is 0.533. The van der Waals surface area contributed by atoms with Gasteiger partial charge in [0.2, 0.25) is 11.8 Å². The van der Waals surface area contributed by atoms with E-state index in [9.17, 15) is 14.0 Å². The highest BCUT2D eigenvalue weighted by Crippen LogP contribution is 2.44. The van der Waals surface area contributed by atoms with Crippen LogP contribution in [0.4, 0.5) is 10.1 Å². The maximum atomic E-state index is 13.3. The molecule has 1 saturated heterocycles. The molecule has 4 rings (SSSR count). The summed E-state index contributed by atoms with van der Waals surface area (Å²) in [7, 11) is 0. The van der Waals surface area contributed by atoms with Crippen LogP contribution in [0.5, 0.6) is 0 Å². The number of carbonyl (C=O) groups excluding carboxylic acids is 2. The van der Waals surface area contributed by atoms with Crippen molar-refractivity contribution in [2.24, 2.45) is 5.92 Å². The summed E-state index contributed by atoms with van der Waals surface area (Å²) in [5.41, 5.74) is 3.90. The zero-order valence-corrected chi connectivity index (χ0v) is 21.9. The zero-order chi connectivity index (χ0) is 25.7. The van der Waals surface area contributed by atoms with E-state index in [1.165, 1.54) is 23.3 Å². The van der Waals surface area contributed by atoms with Crippen molar-refractivity contribution in [1.29, 1.82) is 0 Å². The molecule has 0 unspecified atom stereocenters. The first-order chi connectivity index (χ1) is 17.3. The smallest absolute Gasteiger partial charge is 0.230 e. The van der Waals surface area contributed by atoms with Crippen molar-refractivity contribution < 1.29 is 14.0 Å². The summed E-state index contributed by atoms with van der Waals surface area (Å²) in [6.07, 6.45) is 5.82. The quantitative estimate of drug-likeness (QED) is 0.451. The van der Waals surface area contributed by atoms with Crippen LogP contribution < -0.4 is 10.6 Å². The summed E-state index contributed by atoms with van der Waals surface area (Å²) in [5.74, 6) is 0.337. The molecule has 6 heteroatoms. The van der Waals surface area contributed by atoms with Crippen molar-refractivity contribution in [3.8, 4) is 0 Å². The Morgan fingerprint density at radius 1 is 1.08 bits per heavy atom. The second-order valence-corrected chi connectivity index (χ2v) is 10.8. The molecule has 2 aliphatic rings. The fourth-order valence-electron chi connectivity index (χ4n) is 5.60. The van der Waals surface area contributed by atoms with Crippen molar-refractivity contribution in [3.63, 3.8) is 0 Å². The molecular weight excluding hydrogens is 453 g/mol. The van der Waals surface area contributed by atoms with Crippen LogP contribution in [0.1, 0.15) is 75.0 Å². The molecule has 1 aliphatic heterocycles. The van der Waals surface area contributed by atoms with Gasteiger partial charge < -0.3 is 15.5 Å². The number of carbonyl (C=O) groups is 2. The van der Waals surface area contributed by atoms with E-state index in [1.807, 2.05) is 26.0 Å². The van der Waals surface area contributed by atoms with Gasteiger partial charge in [0.15, 0.2) is 0 Å². The lowest BCUT2D eigenvalue weighted by atomic mass is 9.64. The van der Waals surface area contributed by atoms with Gasteiger partial charge in [0.25, 0.3) is 0 Å². The highest BCUT2D eigenvalue weighted by molar-refractivity contribution is 5.93. The normalized spacial score (nSPS) is 18.0. The Morgan fingerprint density at radius 3 is 2.39 bits per heavy atom. The summed E-state index contributed by atoms with van der Waals surface area (Å²) in [4.78, 5) is 27.7. The molecule has 2 fully saturated rings. The fourth-order valence-corrected chi connectivity index (χ4v) is 5.60. The molecule has 0 radical (unpaired) electrons. The number of nitrogens with zero attached hydrogens (tertiary/aromatic N) is 1. The second kappa shape index (κ2) is 11.5. The predicted molar refractivity (Wildman–Crippen MR) is 143 cm³/mol. The molecule has 194 valence electrons. The van der Waals surface area contributed by atoms with E-state index in [4.69, 9.17) is 0 Å². The number of benzene rings is 2. The van der Waals surface area contributed by atoms with Gasteiger partial charge in [-0.1, -0.05) is 44.5 Å². The number of likely N-dealkylation sites (tertiary alicyclic amines) is 1. The van der Waals surface area contributed by atoms with Gasteiger partial charge in [-0.15, -0.1) is 0 Å². The summed E-state index contributed by atoms with van der Waals surface area (Å²) >= 11 is 0. The van der Waals surface area contributed by atoms with E-state index in [0.29, 0.717) is 12.5 Å². The van der Waals surface area contributed by atoms with Crippen LogP contribution in [0.15, 0.2) is 42.5 Å². The van der Waals surface area contributed by atoms with E-state index in [-0.39, 0.29) is 23.5 Å². The largest absolute Gasteiger partial charge is 0.355 e. The van der Waals surface area contributed by atoms with E-state index < -0.39 is 5.41 Å². The molecule has 36 heavy (non-hydrogen) atoms. The average Bonchev–Trinajstić information content (AvgIpc) is 2.84. The number of rotatable bonds is 9. The van der Waals surface area contributed by atoms with Crippen LogP contribution in [0.2, 0.25) is 0 Å². The van der Waals surface area contributed by atoms with Gasteiger partial charge >= 0.3 is 0 Å². The van der Waals surface area contributed by atoms with Crippen LogP contribution in [-0.2, 0) is 15.0 Å². The minimum Gasteiger partial charge on any atom is -0.355 e. The minimum atomic E-state index is -0.479. The Balaban J connectivity index is 1.22. The molecule has 1 aliphatic carbocycles. The van der Waals surface area contributed by atoms with Gasteiger partial charge in [0.1, 0.15) is 5.82 Å². The topological polar surface area (TPSA) is 61.4 Å². The maximum absolute atomic E-state index is 13.3. The van der Waals surface area contributed by atoms with E-state index >= 15 is 0 Å². The van der Waals surface area contributed by atoms with Gasteiger partial charge in [-0.25, -0.2) is 4.39 Å². The maximum Gasteiger partial charge on any atom is 0.230 e. The van der Waals surface area contributed by atoms with Crippen molar-refractivity contribution in [2.75, 3.05) is 31.5 Å². The van der Waals surface area contributed by atoms with Crippen molar-refractivity contribution in [1.82, 2.24) is 10.2 Å². The van der Waals surface area contributed by atoms with Gasteiger partial charge in [0, 0.05) is 18.2 Å². The standard InChI is InChI=1S/C30H40FN3O2/c1-21(2)28(35)33-27-8-4-7-26(22(27)3)23-13-19-34(20-14-23)18-6-17-32-29(36)30(15-5-16-30)24-9-11-25(31)12-10-24/h4,7-12,21,23H,5-6,13-20H2,1-3H3,(H,32,36)(H,33,35).